The molecule has 0 saturated carbocycles. The zero-order chi connectivity index (χ0) is 19.3. The predicted molar refractivity (Wildman–Crippen MR) is 108 cm³/mol. The molecule has 0 spiro atoms. The van der Waals surface area contributed by atoms with Gasteiger partial charge in [0.15, 0.2) is 21.4 Å². The summed E-state index contributed by atoms with van der Waals surface area (Å²) in [6, 6.07) is 14.8. The monoisotopic (exact) mass is 412 g/mol. The van der Waals surface area contributed by atoms with Gasteiger partial charge in [0.25, 0.3) is 10.4 Å². The molecule has 0 atom stereocenters. The van der Waals surface area contributed by atoms with E-state index in [0.29, 0.717) is 47.3 Å². The van der Waals surface area contributed by atoms with Crippen LogP contribution in [0.5, 0.6) is 0 Å². The van der Waals surface area contributed by atoms with E-state index in [1.807, 2.05) is 48.5 Å². The van der Waals surface area contributed by atoms with Gasteiger partial charge < -0.3 is 8.83 Å². The van der Waals surface area contributed by atoms with E-state index in [1.165, 1.54) is 0 Å². The van der Waals surface area contributed by atoms with E-state index in [0.717, 1.165) is 34.6 Å². The molecule has 6 nitrogen and oxygen atoms in total. The maximum atomic E-state index is 12.1. The van der Waals surface area contributed by atoms with Crippen LogP contribution in [0.4, 0.5) is 0 Å². The molecule has 0 saturated heterocycles. The Morgan fingerprint density at radius 1 is 0.714 bits per heavy atom. The van der Waals surface area contributed by atoms with Crippen molar-refractivity contribution in [2.75, 3.05) is 0 Å². The second kappa shape index (κ2) is 8.62. The fraction of sp³-hybridized carbons (Fsp3) is 0.200. The summed E-state index contributed by atoms with van der Waals surface area (Å²) in [6.45, 7) is 0. The Hall–Kier alpha value is -2.58. The Kier molecular flexibility index (Phi) is 5.78. The van der Waals surface area contributed by atoms with Crippen molar-refractivity contribution >= 4 is 56.0 Å². The number of hydrogen-bond donors (Lipinski definition) is 0. The maximum Gasteiger partial charge on any atom is 0.264 e. The first-order valence-electron chi connectivity index (χ1n) is 8.80. The lowest BCUT2D eigenvalue weighted by atomic mass is 10.2. The minimum absolute atomic E-state index is 0.0226. The molecule has 0 aliphatic heterocycles. The maximum absolute atomic E-state index is 12.1. The van der Waals surface area contributed by atoms with Crippen LogP contribution in [0.3, 0.4) is 0 Å². The highest BCUT2D eigenvalue weighted by atomic mass is 32.2. The fourth-order valence-electron chi connectivity index (χ4n) is 2.62. The molecule has 4 aromatic rings. The molecule has 8 heteroatoms. The summed E-state index contributed by atoms with van der Waals surface area (Å²) >= 11 is 2.00. The SMILES string of the molecule is O=C(CCCCC(=O)Sc1nc2ccccc2o1)Sc1nc2ccccc2o1. The highest BCUT2D eigenvalue weighted by Gasteiger charge is 2.14. The Labute approximate surface area is 169 Å². The van der Waals surface area contributed by atoms with Gasteiger partial charge in [0, 0.05) is 36.4 Å². The van der Waals surface area contributed by atoms with Crippen LogP contribution in [0, 0.1) is 0 Å². The number of para-hydroxylation sites is 4. The van der Waals surface area contributed by atoms with Crippen molar-refractivity contribution in [3.63, 3.8) is 0 Å². The quantitative estimate of drug-likeness (QED) is 0.292. The van der Waals surface area contributed by atoms with Crippen molar-refractivity contribution < 1.29 is 18.4 Å². The van der Waals surface area contributed by atoms with Crippen LogP contribution in [-0.4, -0.2) is 20.2 Å². The summed E-state index contributed by atoms with van der Waals surface area (Å²) in [5, 5.41) is 0.666. The number of carbonyl (C=O) groups is 2. The first-order valence-corrected chi connectivity index (χ1v) is 10.4. The second-order valence-corrected chi connectivity index (χ2v) is 8.07. The van der Waals surface area contributed by atoms with E-state index in [4.69, 9.17) is 8.83 Å². The van der Waals surface area contributed by atoms with E-state index in [9.17, 15) is 9.59 Å². The summed E-state index contributed by atoms with van der Waals surface area (Å²) in [5.74, 6) is 0. The topological polar surface area (TPSA) is 86.2 Å². The average molecular weight is 412 g/mol. The Morgan fingerprint density at radius 2 is 1.14 bits per heavy atom. The van der Waals surface area contributed by atoms with Crippen molar-refractivity contribution in [2.45, 2.75) is 36.1 Å². The van der Waals surface area contributed by atoms with E-state index in [2.05, 4.69) is 9.97 Å². The first-order chi connectivity index (χ1) is 13.7. The molecule has 2 heterocycles. The molecule has 0 aliphatic carbocycles. The summed E-state index contributed by atoms with van der Waals surface area (Å²) in [6.07, 6.45) is 1.99. The van der Waals surface area contributed by atoms with Gasteiger partial charge >= 0.3 is 0 Å². The number of nitrogens with zero attached hydrogens (tertiary/aromatic N) is 2. The van der Waals surface area contributed by atoms with Crippen molar-refractivity contribution in [1.29, 1.82) is 0 Å². The Morgan fingerprint density at radius 3 is 1.57 bits per heavy atom. The second-order valence-electron chi connectivity index (χ2n) is 6.05. The van der Waals surface area contributed by atoms with Crippen molar-refractivity contribution in [3.05, 3.63) is 48.5 Å². The minimum atomic E-state index is -0.0226. The number of hydrogen-bond acceptors (Lipinski definition) is 8. The van der Waals surface area contributed by atoms with Crippen molar-refractivity contribution in [2.24, 2.45) is 0 Å². The molecule has 0 N–H and O–H groups in total. The number of benzene rings is 2. The van der Waals surface area contributed by atoms with Gasteiger partial charge in [-0.2, -0.15) is 0 Å². The average Bonchev–Trinajstić information content (AvgIpc) is 3.27. The van der Waals surface area contributed by atoms with E-state index in [-0.39, 0.29) is 10.2 Å². The van der Waals surface area contributed by atoms with Gasteiger partial charge in [-0.05, 0) is 37.1 Å². The number of unbranched alkanes of at least 4 members (excludes halogenated alkanes) is 1. The normalized spacial score (nSPS) is 11.3. The fourth-order valence-corrected chi connectivity index (χ4v) is 4.06. The standard InChI is InChI=1S/C20H16N2O4S2/c23-17(27-19-21-13-7-1-3-9-15(13)25-19)11-5-6-12-18(24)28-20-22-14-8-2-4-10-16(14)26-20/h1-4,7-10H,5-6,11-12H2. The lowest BCUT2D eigenvalue weighted by molar-refractivity contribution is -0.112. The number of fused-ring (bicyclic) bond motifs is 2. The van der Waals surface area contributed by atoms with Crippen LogP contribution >= 0.6 is 23.5 Å². The summed E-state index contributed by atoms with van der Waals surface area (Å²) in [5.41, 5.74) is 2.80. The zero-order valence-electron chi connectivity index (χ0n) is 14.8. The van der Waals surface area contributed by atoms with Gasteiger partial charge in [0.2, 0.25) is 0 Å². The van der Waals surface area contributed by atoms with Crippen LogP contribution in [0.1, 0.15) is 25.7 Å². The highest BCUT2D eigenvalue weighted by molar-refractivity contribution is 8.13. The van der Waals surface area contributed by atoms with Crippen molar-refractivity contribution in [1.82, 2.24) is 9.97 Å². The molecule has 28 heavy (non-hydrogen) atoms. The summed E-state index contributed by atoms with van der Waals surface area (Å²) < 4.78 is 11.1. The molecule has 0 aliphatic rings. The molecule has 4 rings (SSSR count). The number of carbonyl (C=O) groups excluding carboxylic acids is 2. The minimum Gasteiger partial charge on any atom is -0.431 e. The Bertz CT molecular complexity index is 979. The van der Waals surface area contributed by atoms with E-state index >= 15 is 0 Å². The van der Waals surface area contributed by atoms with Gasteiger partial charge in [-0.3, -0.25) is 9.59 Å². The third-order valence-electron chi connectivity index (χ3n) is 3.96. The molecule has 2 aromatic carbocycles. The number of rotatable bonds is 7. The van der Waals surface area contributed by atoms with Crippen LogP contribution in [0.25, 0.3) is 22.2 Å². The predicted octanol–water partition coefficient (Wildman–Crippen LogP) is 5.47. The van der Waals surface area contributed by atoms with Crippen LogP contribution in [0.2, 0.25) is 0 Å². The lowest BCUT2D eigenvalue weighted by Crippen LogP contribution is -1.95. The van der Waals surface area contributed by atoms with Crippen LogP contribution in [-0.2, 0) is 9.59 Å². The first kappa shape index (κ1) is 18.8. The molecular formula is C20H16N2O4S2. The Balaban J connectivity index is 1.19. The third kappa shape index (κ3) is 4.63. The van der Waals surface area contributed by atoms with Gasteiger partial charge in [-0.25, -0.2) is 9.97 Å². The van der Waals surface area contributed by atoms with Gasteiger partial charge in [-0.15, -0.1) is 0 Å². The molecular weight excluding hydrogens is 396 g/mol. The number of oxazole rings is 2. The molecule has 0 bridgehead atoms. The molecule has 2 aromatic heterocycles. The molecule has 0 unspecified atom stereocenters. The molecule has 142 valence electrons. The largest absolute Gasteiger partial charge is 0.431 e. The lowest BCUT2D eigenvalue weighted by Gasteiger charge is -1.98. The van der Waals surface area contributed by atoms with Crippen LogP contribution in [0.15, 0.2) is 67.8 Å². The van der Waals surface area contributed by atoms with Gasteiger partial charge in [-0.1, -0.05) is 24.3 Å². The van der Waals surface area contributed by atoms with Gasteiger partial charge in [0.1, 0.15) is 11.0 Å². The molecule has 0 radical (unpaired) electrons. The van der Waals surface area contributed by atoms with E-state index < -0.39 is 0 Å². The number of aromatic nitrogens is 2. The van der Waals surface area contributed by atoms with E-state index in [1.54, 1.807) is 0 Å². The van der Waals surface area contributed by atoms with Gasteiger partial charge in [0.05, 0.1) is 0 Å². The molecule has 0 amide bonds. The van der Waals surface area contributed by atoms with Crippen molar-refractivity contribution in [3.8, 4) is 0 Å². The smallest absolute Gasteiger partial charge is 0.264 e. The number of thioether (sulfide) groups is 2. The zero-order valence-corrected chi connectivity index (χ0v) is 16.4. The summed E-state index contributed by atoms with van der Waals surface area (Å²) in [7, 11) is 0. The highest BCUT2D eigenvalue weighted by Crippen LogP contribution is 2.27. The molecule has 0 fully saturated rings. The van der Waals surface area contributed by atoms with Crippen LogP contribution < -0.4 is 0 Å². The third-order valence-corrected chi connectivity index (χ3v) is 5.52. The summed E-state index contributed by atoms with van der Waals surface area (Å²) in [4.78, 5) is 32.7.